The number of pyridine rings is 1. The van der Waals surface area contributed by atoms with Gasteiger partial charge in [-0.15, -0.1) is 5.10 Å². The van der Waals surface area contributed by atoms with Crippen molar-refractivity contribution in [2.24, 2.45) is 0 Å². The molecule has 2 aromatic carbocycles. The summed E-state index contributed by atoms with van der Waals surface area (Å²) in [6.45, 7) is 3.93. The van der Waals surface area contributed by atoms with Gasteiger partial charge in [-0.05, 0) is 37.6 Å². The highest BCUT2D eigenvalue weighted by Gasteiger charge is 2.34. The summed E-state index contributed by atoms with van der Waals surface area (Å²) in [5.41, 5.74) is 4.96. The molecule has 3 heterocycles. The summed E-state index contributed by atoms with van der Waals surface area (Å²) in [7, 11) is 0. The topological polar surface area (TPSA) is 84.7 Å². The molecular formula is C25H22N6O. The van der Waals surface area contributed by atoms with Crippen LogP contribution in [0.3, 0.4) is 0 Å². The molecule has 0 aliphatic carbocycles. The fraction of sp³-hybridized carbons (Fsp3) is 0.120. The molecule has 0 fully saturated rings. The molecule has 0 radical (unpaired) electrons. The van der Waals surface area contributed by atoms with Gasteiger partial charge in [0.2, 0.25) is 5.95 Å². The molecule has 7 heteroatoms. The van der Waals surface area contributed by atoms with Crippen LogP contribution in [0.25, 0.3) is 11.4 Å². The molecule has 0 unspecified atom stereocenters. The number of aryl methyl sites for hydroxylation is 1. The number of nitrogens with one attached hydrogen (secondary N) is 2. The number of hydrogen-bond donors (Lipinski definition) is 2. The van der Waals surface area contributed by atoms with Crippen molar-refractivity contribution in [3.63, 3.8) is 0 Å². The molecule has 158 valence electrons. The number of amides is 1. The molecule has 5 rings (SSSR count). The maximum absolute atomic E-state index is 13.4. The number of anilines is 2. The lowest BCUT2D eigenvalue weighted by atomic mass is 9.95. The second kappa shape index (κ2) is 8.11. The van der Waals surface area contributed by atoms with Gasteiger partial charge in [0.1, 0.15) is 6.04 Å². The monoisotopic (exact) mass is 422 g/mol. The van der Waals surface area contributed by atoms with Crippen molar-refractivity contribution >= 4 is 17.5 Å². The summed E-state index contributed by atoms with van der Waals surface area (Å²) in [5, 5.41) is 11.0. The molecule has 0 saturated carbocycles. The van der Waals surface area contributed by atoms with E-state index in [1.165, 1.54) is 0 Å². The minimum atomic E-state index is -0.421. The molecule has 0 bridgehead atoms. The molecule has 1 amide bonds. The molecule has 1 atom stereocenters. The summed E-state index contributed by atoms with van der Waals surface area (Å²) < 4.78 is 1.79. The van der Waals surface area contributed by atoms with E-state index in [1.54, 1.807) is 23.1 Å². The molecule has 7 nitrogen and oxygen atoms in total. The minimum absolute atomic E-state index is 0.213. The van der Waals surface area contributed by atoms with E-state index >= 15 is 0 Å². The highest BCUT2D eigenvalue weighted by molar-refractivity contribution is 6.05. The number of rotatable bonds is 4. The van der Waals surface area contributed by atoms with Crippen LogP contribution in [-0.2, 0) is 4.79 Å². The third kappa shape index (κ3) is 3.65. The first kappa shape index (κ1) is 19.7. The van der Waals surface area contributed by atoms with E-state index < -0.39 is 6.04 Å². The van der Waals surface area contributed by atoms with E-state index in [0.29, 0.717) is 23.0 Å². The van der Waals surface area contributed by atoms with Gasteiger partial charge < -0.3 is 10.6 Å². The Balaban J connectivity index is 1.60. The van der Waals surface area contributed by atoms with Crippen LogP contribution in [0.2, 0.25) is 0 Å². The number of fused-ring (bicyclic) bond motifs is 1. The Hall–Kier alpha value is -4.26. The molecule has 2 N–H and O–H groups in total. The highest BCUT2D eigenvalue weighted by atomic mass is 16.1. The van der Waals surface area contributed by atoms with Gasteiger partial charge in [-0.25, -0.2) is 4.68 Å². The Morgan fingerprint density at radius 1 is 1.03 bits per heavy atom. The van der Waals surface area contributed by atoms with Crippen molar-refractivity contribution in [3.05, 3.63) is 102 Å². The standard InChI is InChI=1S/C25H22N6O/c1-16-8-6-11-19(14-16)23-29-25-27-17(2)21(24(32)28-20-12-7-13-26-15-20)22(31(25)30-23)18-9-4-3-5-10-18/h3-15,22H,1-2H3,(H,28,32)(H,27,29,30)/t22-/m0/s1. The molecular weight excluding hydrogens is 400 g/mol. The number of carbonyl (C=O) groups is 1. The predicted molar refractivity (Wildman–Crippen MR) is 124 cm³/mol. The van der Waals surface area contributed by atoms with Crippen molar-refractivity contribution < 1.29 is 4.79 Å². The smallest absolute Gasteiger partial charge is 0.255 e. The van der Waals surface area contributed by atoms with Gasteiger partial charge in [-0.1, -0.05) is 54.1 Å². The van der Waals surface area contributed by atoms with Gasteiger partial charge in [-0.2, -0.15) is 4.98 Å². The number of nitrogens with zero attached hydrogens (tertiary/aromatic N) is 4. The lowest BCUT2D eigenvalue weighted by molar-refractivity contribution is -0.113. The highest BCUT2D eigenvalue weighted by Crippen LogP contribution is 2.36. The van der Waals surface area contributed by atoms with Crippen molar-refractivity contribution in [3.8, 4) is 11.4 Å². The lowest BCUT2D eigenvalue weighted by Crippen LogP contribution is -2.31. The zero-order chi connectivity index (χ0) is 22.1. The summed E-state index contributed by atoms with van der Waals surface area (Å²) in [5.74, 6) is 1.000. The third-order valence-corrected chi connectivity index (χ3v) is 5.41. The number of benzene rings is 2. The van der Waals surface area contributed by atoms with Crippen LogP contribution in [-0.4, -0.2) is 25.7 Å². The van der Waals surface area contributed by atoms with Crippen molar-refractivity contribution in [2.75, 3.05) is 10.6 Å². The molecule has 2 aromatic heterocycles. The molecule has 0 spiro atoms. The summed E-state index contributed by atoms with van der Waals surface area (Å²) in [6, 6.07) is 21.1. The van der Waals surface area contributed by atoms with Gasteiger partial charge in [-0.3, -0.25) is 9.78 Å². The summed E-state index contributed by atoms with van der Waals surface area (Å²) in [6.07, 6.45) is 3.29. The maximum atomic E-state index is 13.4. The second-order valence-corrected chi connectivity index (χ2v) is 7.75. The third-order valence-electron chi connectivity index (χ3n) is 5.41. The first-order valence-corrected chi connectivity index (χ1v) is 10.4. The van der Waals surface area contributed by atoms with Gasteiger partial charge in [0.05, 0.1) is 17.5 Å². The Bertz CT molecular complexity index is 1310. The summed E-state index contributed by atoms with van der Waals surface area (Å²) in [4.78, 5) is 22.2. The van der Waals surface area contributed by atoms with E-state index in [0.717, 1.165) is 22.4 Å². The number of carbonyl (C=O) groups excluding carboxylic acids is 1. The maximum Gasteiger partial charge on any atom is 0.255 e. The summed E-state index contributed by atoms with van der Waals surface area (Å²) >= 11 is 0. The van der Waals surface area contributed by atoms with Crippen LogP contribution >= 0.6 is 0 Å². The van der Waals surface area contributed by atoms with Crippen LogP contribution in [0, 0.1) is 6.92 Å². The van der Waals surface area contributed by atoms with Crippen LogP contribution in [0.15, 0.2) is 90.4 Å². The minimum Gasteiger partial charge on any atom is -0.328 e. The van der Waals surface area contributed by atoms with Crippen molar-refractivity contribution in [1.29, 1.82) is 0 Å². The van der Waals surface area contributed by atoms with E-state index in [-0.39, 0.29) is 5.91 Å². The number of hydrogen-bond acceptors (Lipinski definition) is 5. The number of aromatic nitrogens is 4. The first-order valence-electron chi connectivity index (χ1n) is 10.4. The van der Waals surface area contributed by atoms with Gasteiger partial charge in [0.25, 0.3) is 5.91 Å². The Labute approximate surface area is 185 Å². The molecule has 1 aliphatic rings. The van der Waals surface area contributed by atoms with E-state index in [9.17, 15) is 4.79 Å². The Morgan fingerprint density at radius 2 is 1.88 bits per heavy atom. The zero-order valence-corrected chi connectivity index (χ0v) is 17.8. The van der Waals surface area contributed by atoms with Crippen molar-refractivity contribution in [2.45, 2.75) is 19.9 Å². The first-order chi connectivity index (χ1) is 15.6. The van der Waals surface area contributed by atoms with Crippen LogP contribution in [0.1, 0.15) is 24.1 Å². The molecule has 4 aromatic rings. The fourth-order valence-electron chi connectivity index (χ4n) is 3.93. The molecule has 1 aliphatic heterocycles. The van der Waals surface area contributed by atoms with E-state index in [2.05, 4.69) is 21.7 Å². The lowest BCUT2D eigenvalue weighted by Gasteiger charge is -2.28. The largest absolute Gasteiger partial charge is 0.328 e. The van der Waals surface area contributed by atoms with Crippen LogP contribution in [0.5, 0.6) is 0 Å². The van der Waals surface area contributed by atoms with Crippen LogP contribution < -0.4 is 10.6 Å². The van der Waals surface area contributed by atoms with Gasteiger partial charge >= 0.3 is 0 Å². The SMILES string of the molecule is CC1=C(C(=O)Nc2cccnc2)[C@H](c2ccccc2)n2nc(-c3cccc(C)c3)nc2N1. The Kier molecular flexibility index (Phi) is 4.99. The van der Waals surface area contributed by atoms with Gasteiger partial charge in [0, 0.05) is 17.5 Å². The second-order valence-electron chi connectivity index (χ2n) is 7.75. The van der Waals surface area contributed by atoms with Gasteiger partial charge in [0.15, 0.2) is 5.82 Å². The molecule has 0 saturated heterocycles. The van der Waals surface area contributed by atoms with Crippen molar-refractivity contribution in [1.82, 2.24) is 19.7 Å². The van der Waals surface area contributed by atoms with E-state index in [1.807, 2.05) is 68.4 Å². The molecule has 32 heavy (non-hydrogen) atoms. The fourth-order valence-corrected chi connectivity index (χ4v) is 3.93. The average Bonchev–Trinajstić information content (AvgIpc) is 3.23. The van der Waals surface area contributed by atoms with E-state index in [4.69, 9.17) is 10.1 Å². The quantitative estimate of drug-likeness (QED) is 0.503. The van der Waals surface area contributed by atoms with Crippen LogP contribution in [0.4, 0.5) is 11.6 Å². The normalized spacial score (nSPS) is 15.1. The zero-order valence-electron chi connectivity index (χ0n) is 17.8. The Morgan fingerprint density at radius 3 is 2.62 bits per heavy atom. The average molecular weight is 422 g/mol. The number of allylic oxidation sites excluding steroid dienone is 1. The predicted octanol–water partition coefficient (Wildman–Crippen LogP) is 4.58.